The van der Waals surface area contributed by atoms with Crippen LogP contribution in [0.1, 0.15) is 26.5 Å². The third-order valence-electron chi connectivity index (χ3n) is 5.47. The quantitative estimate of drug-likeness (QED) is 0.469. The molecule has 2 aromatic heterocycles. The van der Waals surface area contributed by atoms with Crippen molar-refractivity contribution in [2.45, 2.75) is 44.0 Å². The molecule has 0 amide bonds. The molecule has 10 heteroatoms. The summed E-state index contributed by atoms with van der Waals surface area (Å²) in [5.41, 5.74) is 2.45. The lowest BCUT2D eigenvalue weighted by Crippen LogP contribution is -2.17. The summed E-state index contributed by atoms with van der Waals surface area (Å²) in [6.07, 6.45) is 2.33. The van der Waals surface area contributed by atoms with Crippen LogP contribution in [0.2, 0.25) is 0 Å². The van der Waals surface area contributed by atoms with Crippen LogP contribution in [-0.4, -0.2) is 62.5 Å². The second-order valence-corrected chi connectivity index (χ2v) is 10.5. The second-order valence-electron chi connectivity index (χ2n) is 8.57. The van der Waals surface area contributed by atoms with Gasteiger partial charge in [-0.25, -0.2) is 18.4 Å². The molecule has 0 saturated carbocycles. The van der Waals surface area contributed by atoms with Crippen molar-refractivity contribution in [3.05, 3.63) is 54.4 Å². The van der Waals surface area contributed by atoms with E-state index in [0.29, 0.717) is 29.8 Å². The maximum Gasteiger partial charge on any atom is 0.233 e. The number of methoxy groups -OCH3 is 1. The molecule has 1 aliphatic rings. The molecule has 2 unspecified atom stereocenters. The van der Waals surface area contributed by atoms with Crippen LogP contribution in [0.3, 0.4) is 0 Å². The largest absolute Gasteiger partial charge is 0.488 e. The van der Waals surface area contributed by atoms with Gasteiger partial charge in [-0.1, -0.05) is 0 Å². The monoisotopic (exact) mass is 499 g/mol. The number of H-pyrrole nitrogens is 1. The summed E-state index contributed by atoms with van der Waals surface area (Å²) in [4.78, 5) is 11.9. The highest BCUT2D eigenvalue weighted by atomic mass is 32.2. The molecule has 0 saturated heterocycles. The molecule has 1 N–H and O–H groups in total. The number of benzene rings is 1. The smallest absolute Gasteiger partial charge is 0.233 e. The van der Waals surface area contributed by atoms with Gasteiger partial charge in [-0.05, 0) is 57.2 Å². The summed E-state index contributed by atoms with van der Waals surface area (Å²) in [7, 11) is -1.78. The molecular formula is C25H29N3O6S. The number of nitrogens with one attached hydrogen (secondary N) is 1. The number of aromatic amines is 1. The van der Waals surface area contributed by atoms with Gasteiger partial charge in [0.05, 0.1) is 18.8 Å². The van der Waals surface area contributed by atoms with Crippen molar-refractivity contribution in [1.82, 2.24) is 9.97 Å². The van der Waals surface area contributed by atoms with Crippen molar-refractivity contribution < 1.29 is 27.4 Å². The van der Waals surface area contributed by atoms with Crippen molar-refractivity contribution in [2.24, 2.45) is 4.99 Å². The molecule has 186 valence electrons. The fourth-order valence-corrected chi connectivity index (χ4v) is 4.11. The normalized spacial score (nSPS) is 18.6. The van der Waals surface area contributed by atoms with Gasteiger partial charge in [0, 0.05) is 30.7 Å². The molecule has 0 spiro atoms. The van der Waals surface area contributed by atoms with Crippen LogP contribution in [0.5, 0.6) is 17.2 Å². The first kappa shape index (κ1) is 24.7. The molecular weight excluding hydrogens is 470 g/mol. The van der Waals surface area contributed by atoms with Crippen LogP contribution >= 0.6 is 0 Å². The Morgan fingerprint density at radius 1 is 1.06 bits per heavy atom. The lowest BCUT2D eigenvalue weighted by Gasteiger charge is -2.16. The fourth-order valence-electron chi connectivity index (χ4n) is 3.55. The summed E-state index contributed by atoms with van der Waals surface area (Å²) in [5.74, 6) is 2.08. The van der Waals surface area contributed by atoms with Gasteiger partial charge in [-0.2, -0.15) is 0 Å². The van der Waals surface area contributed by atoms with Gasteiger partial charge in [0.25, 0.3) is 0 Å². The van der Waals surface area contributed by atoms with Gasteiger partial charge in [0.2, 0.25) is 5.90 Å². The Hall–Kier alpha value is -3.37. The maximum atomic E-state index is 11.7. The molecule has 0 radical (unpaired) electrons. The van der Waals surface area contributed by atoms with E-state index in [1.54, 1.807) is 19.2 Å². The molecule has 0 fully saturated rings. The summed E-state index contributed by atoms with van der Waals surface area (Å²) in [5, 5.41) is -0.0180. The Bertz CT molecular complexity index is 1320. The third-order valence-corrected chi connectivity index (χ3v) is 6.47. The van der Waals surface area contributed by atoms with E-state index >= 15 is 0 Å². The molecule has 0 bridgehead atoms. The Labute approximate surface area is 205 Å². The number of hydrogen-bond acceptors (Lipinski definition) is 8. The van der Waals surface area contributed by atoms with Crippen molar-refractivity contribution in [3.8, 4) is 28.5 Å². The fraction of sp³-hybridized carbons (Fsp3) is 0.360. The highest BCUT2D eigenvalue weighted by Crippen LogP contribution is 2.33. The van der Waals surface area contributed by atoms with Crippen molar-refractivity contribution >= 4 is 15.7 Å². The van der Waals surface area contributed by atoms with Crippen LogP contribution < -0.4 is 9.47 Å². The summed E-state index contributed by atoms with van der Waals surface area (Å²) in [6, 6.07) is 12.5. The minimum Gasteiger partial charge on any atom is -0.488 e. The first-order valence-electron chi connectivity index (χ1n) is 11.2. The highest BCUT2D eigenvalue weighted by molar-refractivity contribution is 7.90. The zero-order valence-corrected chi connectivity index (χ0v) is 21.1. The van der Waals surface area contributed by atoms with Crippen LogP contribution in [-0.2, 0) is 19.3 Å². The molecule has 4 rings (SSSR count). The molecule has 1 aromatic carbocycles. The predicted molar refractivity (Wildman–Crippen MR) is 132 cm³/mol. The number of nitrogens with zero attached hydrogens (tertiary/aromatic N) is 2. The first-order valence-corrected chi connectivity index (χ1v) is 13.1. The van der Waals surface area contributed by atoms with Gasteiger partial charge >= 0.3 is 0 Å². The van der Waals surface area contributed by atoms with Crippen LogP contribution in [0.4, 0.5) is 0 Å². The lowest BCUT2D eigenvalue weighted by atomic mass is 10.1. The minimum atomic E-state index is -3.40. The van der Waals surface area contributed by atoms with E-state index in [1.165, 1.54) is 12.3 Å². The zero-order valence-electron chi connectivity index (χ0n) is 20.3. The topological polar surface area (TPSA) is 112 Å². The number of rotatable bonds is 9. The number of hydrogen-bond donors (Lipinski definition) is 1. The molecule has 3 atom stereocenters. The number of aliphatic imine (C=N–C) groups is 1. The number of pyridine rings is 1. The SMILES string of the molecule is COC[C@H](C)Oc1cc(Oc2ccc(S(C)(=O)=O)nc2)cc(-c2ccc(C3=NC(C)C(C)O3)[nH]2)c1. The molecule has 3 aromatic rings. The second kappa shape index (κ2) is 10.1. The van der Waals surface area contributed by atoms with Gasteiger partial charge in [0.15, 0.2) is 14.9 Å². The summed E-state index contributed by atoms with van der Waals surface area (Å²) in [6.45, 7) is 6.35. The summed E-state index contributed by atoms with van der Waals surface area (Å²) >= 11 is 0. The zero-order chi connectivity index (χ0) is 25.2. The Kier molecular flexibility index (Phi) is 7.13. The Morgan fingerprint density at radius 3 is 2.43 bits per heavy atom. The predicted octanol–water partition coefficient (Wildman–Crippen LogP) is 4.24. The standard InChI is InChI=1S/C25H29N3O6S/c1-15(14-31-4)32-20-10-18(22-7-8-23(28-22)25-27-16(2)17(3)33-25)11-21(12-20)34-19-6-9-24(26-13-19)35(5,29)30/h6-13,15-17,28H,14H2,1-5H3/t15-,16?,17?/m0/s1. The Morgan fingerprint density at radius 2 is 1.80 bits per heavy atom. The van der Waals surface area contributed by atoms with E-state index in [9.17, 15) is 8.42 Å². The van der Waals surface area contributed by atoms with E-state index in [-0.39, 0.29) is 23.3 Å². The number of sulfone groups is 1. The van der Waals surface area contributed by atoms with Gasteiger partial charge in [-0.15, -0.1) is 0 Å². The number of ether oxygens (including phenoxy) is 4. The first-order chi connectivity index (χ1) is 16.6. The van der Waals surface area contributed by atoms with E-state index in [4.69, 9.17) is 18.9 Å². The van der Waals surface area contributed by atoms with Crippen molar-refractivity contribution in [3.63, 3.8) is 0 Å². The van der Waals surface area contributed by atoms with Gasteiger partial charge in [0.1, 0.15) is 35.2 Å². The molecule has 0 aliphatic carbocycles. The Balaban J connectivity index is 1.64. The average molecular weight is 500 g/mol. The highest BCUT2D eigenvalue weighted by Gasteiger charge is 2.25. The van der Waals surface area contributed by atoms with Crippen molar-refractivity contribution in [2.75, 3.05) is 20.0 Å². The van der Waals surface area contributed by atoms with Crippen molar-refractivity contribution in [1.29, 1.82) is 0 Å². The molecule has 9 nitrogen and oxygen atoms in total. The van der Waals surface area contributed by atoms with Gasteiger partial charge < -0.3 is 23.9 Å². The molecule has 1 aliphatic heterocycles. The van der Waals surface area contributed by atoms with Crippen LogP contribution in [0.25, 0.3) is 11.3 Å². The van der Waals surface area contributed by atoms with E-state index < -0.39 is 9.84 Å². The molecule has 3 heterocycles. The maximum absolute atomic E-state index is 11.7. The third kappa shape index (κ3) is 6.01. The van der Waals surface area contributed by atoms with E-state index in [0.717, 1.165) is 23.2 Å². The van der Waals surface area contributed by atoms with E-state index in [1.807, 2.05) is 45.0 Å². The van der Waals surface area contributed by atoms with E-state index in [2.05, 4.69) is 15.0 Å². The van der Waals surface area contributed by atoms with Crippen LogP contribution in [0, 0.1) is 0 Å². The van der Waals surface area contributed by atoms with Gasteiger partial charge in [-0.3, -0.25) is 0 Å². The minimum absolute atomic E-state index is 0.0180. The summed E-state index contributed by atoms with van der Waals surface area (Å²) < 4.78 is 46.4. The average Bonchev–Trinajstić information content (AvgIpc) is 3.40. The number of aromatic nitrogens is 2. The van der Waals surface area contributed by atoms with Crippen LogP contribution in [0.15, 0.2) is 58.7 Å². The lowest BCUT2D eigenvalue weighted by molar-refractivity contribution is 0.0920. The molecule has 35 heavy (non-hydrogen) atoms.